The van der Waals surface area contributed by atoms with Gasteiger partial charge in [-0.2, -0.15) is 0 Å². The minimum atomic E-state index is -3.20. The van der Waals surface area contributed by atoms with Crippen LogP contribution in [0, 0.1) is 0 Å². The van der Waals surface area contributed by atoms with Gasteiger partial charge in [0.15, 0.2) is 0 Å². The summed E-state index contributed by atoms with van der Waals surface area (Å²) in [6.45, 7) is 2.74. The van der Waals surface area contributed by atoms with Crippen LogP contribution in [0.1, 0.15) is 32.6 Å². The van der Waals surface area contributed by atoms with Crippen molar-refractivity contribution >= 4 is 23.9 Å². The van der Waals surface area contributed by atoms with E-state index in [1.165, 1.54) is 0 Å². The summed E-state index contributed by atoms with van der Waals surface area (Å²) in [5.41, 5.74) is 0. The summed E-state index contributed by atoms with van der Waals surface area (Å²) in [7, 11) is -3.20. The van der Waals surface area contributed by atoms with Crippen molar-refractivity contribution in [3.05, 3.63) is 60.7 Å². The van der Waals surface area contributed by atoms with E-state index in [-0.39, 0.29) is 6.03 Å². The third-order valence-electron chi connectivity index (χ3n) is 3.81. The van der Waals surface area contributed by atoms with Gasteiger partial charge in [-0.15, -0.1) is 0 Å². The molecule has 2 amide bonds. The molecule has 0 atom stereocenters. The monoisotopic (exact) mass is 344 g/mol. The van der Waals surface area contributed by atoms with Gasteiger partial charge >= 0.3 is 6.03 Å². The molecule has 2 N–H and O–H groups in total. The summed E-state index contributed by atoms with van der Waals surface area (Å²) < 4.78 is 13.6. The standard InChI is InChI=1S/C19H25N2O2P/c1-2-3-4-11-16-20-19(22)21-24(23,17-12-7-5-8-13-17)18-14-9-6-10-15-18/h5-10,12-15H,2-4,11,16H2,1H3,(H2,20,21,22,23). The van der Waals surface area contributed by atoms with Crippen LogP contribution in [0.2, 0.25) is 0 Å². The number of hydrogen-bond donors (Lipinski definition) is 2. The van der Waals surface area contributed by atoms with Crippen LogP contribution in [-0.2, 0) is 4.57 Å². The summed E-state index contributed by atoms with van der Waals surface area (Å²) in [6, 6.07) is 17.8. The molecule has 0 aliphatic carbocycles. The lowest BCUT2D eigenvalue weighted by atomic mass is 10.2. The molecule has 0 heterocycles. The Morgan fingerprint density at radius 1 is 0.875 bits per heavy atom. The van der Waals surface area contributed by atoms with Gasteiger partial charge in [-0.3, -0.25) is 9.65 Å². The minimum Gasteiger partial charge on any atom is -0.338 e. The Bertz CT molecular complexity index is 631. The number of nitrogens with one attached hydrogen (secondary N) is 2. The van der Waals surface area contributed by atoms with Gasteiger partial charge in [0.05, 0.1) is 0 Å². The second-order valence-corrected chi connectivity index (χ2v) is 8.18. The summed E-state index contributed by atoms with van der Waals surface area (Å²) in [4.78, 5) is 12.2. The zero-order valence-electron chi connectivity index (χ0n) is 14.1. The van der Waals surface area contributed by atoms with Crippen molar-refractivity contribution in [2.75, 3.05) is 6.54 Å². The Hall–Kier alpha value is -2.06. The van der Waals surface area contributed by atoms with Crippen molar-refractivity contribution in [3.63, 3.8) is 0 Å². The van der Waals surface area contributed by atoms with E-state index in [2.05, 4.69) is 17.3 Å². The van der Waals surface area contributed by atoms with E-state index in [0.29, 0.717) is 17.2 Å². The summed E-state index contributed by atoms with van der Waals surface area (Å²) >= 11 is 0. The molecule has 24 heavy (non-hydrogen) atoms. The second-order valence-electron chi connectivity index (χ2n) is 5.71. The van der Waals surface area contributed by atoms with Crippen molar-refractivity contribution in [1.29, 1.82) is 0 Å². The molecule has 128 valence electrons. The molecular weight excluding hydrogens is 319 g/mol. The summed E-state index contributed by atoms with van der Waals surface area (Å²) in [5.74, 6) is 0. The number of rotatable bonds is 8. The maximum atomic E-state index is 13.6. The topological polar surface area (TPSA) is 58.2 Å². The van der Waals surface area contributed by atoms with E-state index in [9.17, 15) is 9.36 Å². The number of urea groups is 1. The quantitative estimate of drug-likeness (QED) is 0.565. The third kappa shape index (κ3) is 4.97. The van der Waals surface area contributed by atoms with Crippen molar-refractivity contribution in [3.8, 4) is 0 Å². The zero-order chi connectivity index (χ0) is 17.3. The normalized spacial score (nSPS) is 11.0. The van der Waals surface area contributed by atoms with Crippen LogP contribution in [-0.4, -0.2) is 12.6 Å². The van der Waals surface area contributed by atoms with Crippen LogP contribution in [0.25, 0.3) is 0 Å². The highest BCUT2D eigenvalue weighted by atomic mass is 31.2. The van der Waals surface area contributed by atoms with E-state index in [0.717, 1.165) is 25.7 Å². The van der Waals surface area contributed by atoms with Gasteiger partial charge in [0.2, 0.25) is 7.29 Å². The smallest absolute Gasteiger partial charge is 0.320 e. The van der Waals surface area contributed by atoms with Crippen molar-refractivity contribution in [1.82, 2.24) is 10.4 Å². The Labute approximate surface area is 144 Å². The number of hydrogen-bond acceptors (Lipinski definition) is 2. The zero-order valence-corrected chi connectivity index (χ0v) is 15.0. The molecule has 0 unspecified atom stereocenters. The van der Waals surface area contributed by atoms with E-state index in [4.69, 9.17) is 0 Å². The van der Waals surface area contributed by atoms with Crippen molar-refractivity contribution in [2.24, 2.45) is 0 Å². The van der Waals surface area contributed by atoms with Gasteiger partial charge in [-0.05, 0) is 30.7 Å². The molecule has 2 aromatic carbocycles. The third-order valence-corrected chi connectivity index (χ3v) is 6.38. The molecule has 5 heteroatoms. The molecule has 0 radical (unpaired) electrons. The lowest BCUT2D eigenvalue weighted by Gasteiger charge is -2.20. The molecule has 0 aliphatic rings. The van der Waals surface area contributed by atoms with Gasteiger partial charge in [-0.1, -0.05) is 62.6 Å². The molecule has 2 rings (SSSR count). The molecule has 0 saturated carbocycles. The van der Waals surface area contributed by atoms with Gasteiger partial charge < -0.3 is 5.32 Å². The molecule has 0 bridgehead atoms. The van der Waals surface area contributed by atoms with Gasteiger partial charge in [0.25, 0.3) is 0 Å². The number of unbranched alkanes of at least 4 members (excludes halogenated alkanes) is 3. The largest absolute Gasteiger partial charge is 0.338 e. The van der Waals surface area contributed by atoms with Crippen LogP contribution >= 0.6 is 7.29 Å². The van der Waals surface area contributed by atoms with Gasteiger partial charge in [0.1, 0.15) is 0 Å². The highest BCUT2D eigenvalue weighted by molar-refractivity contribution is 7.77. The Morgan fingerprint density at radius 3 is 1.92 bits per heavy atom. The molecular formula is C19H25N2O2P. The molecule has 0 saturated heterocycles. The first-order valence-corrected chi connectivity index (χ1v) is 10.1. The molecule has 0 aromatic heterocycles. The maximum absolute atomic E-state index is 13.6. The highest BCUT2D eigenvalue weighted by Crippen LogP contribution is 2.38. The van der Waals surface area contributed by atoms with Crippen molar-refractivity contribution in [2.45, 2.75) is 32.6 Å². The first kappa shape index (κ1) is 18.3. The fourth-order valence-corrected chi connectivity index (χ4v) is 4.60. The Balaban J connectivity index is 2.11. The average molecular weight is 344 g/mol. The summed E-state index contributed by atoms with van der Waals surface area (Å²) in [5, 5.41) is 6.78. The predicted octanol–water partition coefficient (Wildman–Crippen LogP) is 3.80. The molecule has 0 fully saturated rings. The van der Waals surface area contributed by atoms with Crippen LogP contribution in [0.4, 0.5) is 4.79 Å². The summed E-state index contributed by atoms with van der Waals surface area (Å²) in [6.07, 6.45) is 4.34. The fraction of sp³-hybridized carbons (Fsp3) is 0.316. The highest BCUT2D eigenvalue weighted by Gasteiger charge is 2.29. The first-order valence-electron chi connectivity index (χ1n) is 8.44. The molecule has 2 aromatic rings. The first-order chi connectivity index (χ1) is 11.7. The average Bonchev–Trinajstić information content (AvgIpc) is 2.63. The molecule has 0 spiro atoms. The van der Waals surface area contributed by atoms with Crippen LogP contribution < -0.4 is 21.0 Å². The van der Waals surface area contributed by atoms with E-state index < -0.39 is 7.29 Å². The maximum Gasteiger partial charge on any atom is 0.320 e. The van der Waals surface area contributed by atoms with Crippen LogP contribution in [0.15, 0.2) is 60.7 Å². The predicted molar refractivity (Wildman–Crippen MR) is 100 cm³/mol. The SMILES string of the molecule is CCCCCCNC(=O)NP(=O)(c1ccccc1)c1ccccc1. The van der Waals surface area contributed by atoms with Crippen LogP contribution in [0.3, 0.4) is 0 Å². The lowest BCUT2D eigenvalue weighted by molar-refractivity contribution is 0.245. The van der Waals surface area contributed by atoms with E-state index >= 15 is 0 Å². The number of benzene rings is 2. The Kier molecular flexibility index (Phi) is 7.07. The lowest BCUT2D eigenvalue weighted by Crippen LogP contribution is -2.39. The van der Waals surface area contributed by atoms with Gasteiger partial charge in [-0.25, -0.2) is 4.79 Å². The fourth-order valence-electron chi connectivity index (χ4n) is 2.49. The number of carbonyl (C=O) groups excluding carboxylic acids is 1. The number of carbonyl (C=O) groups is 1. The van der Waals surface area contributed by atoms with E-state index in [1.54, 1.807) is 24.3 Å². The number of amides is 2. The Morgan fingerprint density at radius 2 is 1.42 bits per heavy atom. The minimum absolute atomic E-state index is 0.387. The van der Waals surface area contributed by atoms with Crippen LogP contribution in [0.5, 0.6) is 0 Å². The second kappa shape index (κ2) is 9.29. The molecule has 0 aliphatic heterocycles. The van der Waals surface area contributed by atoms with Gasteiger partial charge in [0, 0.05) is 17.2 Å². The van der Waals surface area contributed by atoms with E-state index in [1.807, 2.05) is 36.4 Å². The molecule has 4 nitrogen and oxygen atoms in total. The van der Waals surface area contributed by atoms with Crippen molar-refractivity contribution < 1.29 is 9.36 Å².